The smallest absolute Gasteiger partial charge is 0.188 e. The summed E-state index contributed by atoms with van der Waals surface area (Å²) in [5, 5.41) is 5.57. The predicted octanol–water partition coefficient (Wildman–Crippen LogP) is 2.03. The van der Waals surface area contributed by atoms with Crippen LogP contribution in [0.4, 0.5) is 5.13 Å². The summed E-state index contributed by atoms with van der Waals surface area (Å²) in [7, 11) is 1.97. The fourth-order valence-corrected chi connectivity index (χ4v) is 4.71. The minimum absolute atomic E-state index is 0.293. The minimum Gasteiger partial charge on any atom is -0.375 e. The van der Waals surface area contributed by atoms with Crippen molar-refractivity contribution in [2.45, 2.75) is 32.3 Å². The first-order valence-electron chi connectivity index (χ1n) is 8.60. The number of anilines is 1. The van der Waals surface area contributed by atoms with E-state index in [0.29, 0.717) is 6.10 Å². The highest BCUT2D eigenvalue weighted by Crippen LogP contribution is 2.31. The maximum atomic E-state index is 6.10. The number of hydrogen-bond acceptors (Lipinski definition) is 6. The average Bonchev–Trinajstić information content (AvgIpc) is 3.19. The van der Waals surface area contributed by atoms with Crippen LogP contribution in [0.1, 0.15) is 25.0 Å². The Morgan fingerprint density at radius 1 is 1.22 bits per heavy atom. The van der Waals surface area contributed by atoms with Crippen molar-refractivity contribution in [3.8, 4) is 0 Å². The highest BCUT2D eigenvalue weighted by Gasteiger charge is 2.25. The van der Waals surface area contributed by atoms with Gasteiger partial charge in [0.1, 0.15) is 0 Å². The second kappa shape index (κ2) is 6.37. The monoisotopic (exact) mass is 335 g/mol. The number of thiazole rings is 1. The topological polar surface area (TPSA) is 46.4 Å². The number of fused-ring (bicyclic) bond motifs is 1. The quantitative estimate of drug-likeness (QED) is 0.859. The van der Waals surface area contributed by atoms with Gasteiger partial charge in [0.2, 0.25) is 0 Å². The first-order chi connectivity index (χ1) is 11.2. The van der Waals surface area contributed by atoms with Crippen LogP contribution >= 0.6 is 11.3 Å². The molecule has 0 spiro atoms. The minimum atomic E-state index is 0.293. The Hall–Kier alpha value is -1.18. The molecule has 0 saturated carbocycles. The lowest BCUT2D eigenvalue weighted by Crippen LogP contribution is -2.39. The Labute approximate surface area is 141 Å². The van der Waals surface area contributed by atoms with Gasteiger partial charge in [0.25, 0.3) is 0 Å². The molecule has 1 atom stereocenters. The van der Waals surface area contributed by atoms with E-state index < -0.39 is 0 Å². The van der Waals surface area contributed by atoms with Crippen molar-refractivity contribution in [1.82, 2.24) is 19.7 Å². The summed E-state index contributed by atoms with van der Waals surface area (Å²) in [6.45, 7) is 8.41. The van der Waals surface area contributed by atoms with Crippen LogP contribution < -0.4 is 4.90 Å². The van der Waals surface area contributed by atoms with E-state index in [1.54, 1.807) is 11.3 Å². The number of nitrogens with zero attached hydrogens (tertiary/aromatic N) is 5. The van der Waals surface area contributed by atoms with Crippen LogP contribution in [0.3, 0.4) is 0 Å². The number of hydrogen-bond donors (Lipinski definition) is 0. The molecule has 0 N–H and O–H groups in total. The molecule has 2 aromatic heterocycles. The molecular weight excluding hydrogens is 310 g/mol. The third-order valence-electron chi connectivity index (χ3n) is 4.81. The van der Waals surface area contributed by atoms with Crippen LogP contribution in [0.25, 0.3) is 10.3 Å². The lowest BCUT2D eigenvalue weighted by molar-refractivity contribution is 0.0451. The van der Waals surface area contributed by atoms with Gasteiger partial charge in [-0.15, -0.1) is 0 Å². The summed E-state index contributed by atoms with van der Waals surface area (Å²) in [6.07, 6.45) is 4.03. The predicted molar refractivity (Wildman–Crippen MR) is 93.4 cm³/mol. The molecule has 2 aliphatic rings. The van der Waals surface area contributed by atoms with E-state index in [4.69, 9.17) is 9.72 Å². The van der Waals surface area contributed by atoms with Gasteiger partial charge in [-0.2, -0.15) is 5.10 Å². The van der Waals surface area contributed by atoms with E-state index in [-0.39, 0.29) is 0 Å². The van der Waals surface area contributed by atoms with Gasteiger partial charge in [0.05, 0.1) is 16.5 Å². The van der Waals surface area contributed by atoms with Crippen LogP contribution in [-0.4, -0.2) is 65.1 Å². The molecule has 0 aliphatic carbocycles. The van der Waals surface area contributed by atoms with Crippen molar-refractivity contribution in [3.05, 3.63) is 5.69 Å². The van der Waals surface area contributed by atoms with E-state index in [2.05, 4.69) is 21.8 Å². The molecule has 7 heteroatoms. The van der Waals surface area contributed by atoms with Crippen LogP contribution in [-0.2, 0) is 11.8 Å². The summed E-state index contributed by atoms with van der Waals surface area (Å²) in [5.74, 6) is 0. The normalized spacial score (nSPS) is 23.7. The molecule has 0 unspecified atom stereocenters. The molecule has 0 radical (unpaired) electrons. The molecule has 23 heavy (non-hydrogen) atoms. The maximum absolute atomic E-state index is 6.10. The van der Waals surface area contributed by atoms with Crippen molar-refractivity contribution in [3.63, 3.8) is 0 Å². The average molecular weight is 335 g/mol. The zero-order valence-electron chi connectivity index (χ0n) is 14.0. The van der Waals surface area contributed by atoms with Gasteiger partial charge in [-0.05, 0) is 39.3 Å². The Morgan fingerprint density at radius 2 is 2.04 bits per heavy atom. The third kappa shape index (κ3) is 3.09. The molecule has 2 saturated heterocycles. The second-order valence-electron chi connectivity index (χ2n) is 6.66. The molecule has 6 nitrogen and oxygen atoms in total. The maximum Gasteiger partial charge on any atom is 0.188 e. The van der Waals surface area contributed by atoms with Crippen molar-refractivity contribution in [2.75, 3.05) is 44.2 Å². The molecule has 2 aromatic rings. The molecule has 2 aliphatic heterocycles. The Bertz CT molecular complexity index is 641. The summed E-state index contributed by atoms with van der Waals surface area (Å²) in [5.41, 5.74) is 2.08. The number of likely N-dealkylation sites (tertiary alicyclic amines) is 1. The van der Waals surface area contributed by atoms with Gasteiger partial charge in [0.15, 0.2) is 10.8 Å². The fraction of sp³-hybridized carbons (Fsp3) is 0.750. The SMILES string of the molecule is Cc1nn(C)c2nc(N3CCCO[C@@H](CN4CCCC4)C3)sc12. The molecule has 4 rings (SSSR count). The van der Waals surface area contributed by atoms with Crippen LogP contribution in [0.2, 0.25) is 0 Å². The van der Waals surface area contributed by atoms with E-state index in [9.17, 15) is 0 Å². The molecule has 0 bridgehead atoms. The molecule has 0 aromatic carbocycles. The van der Waals surface area contributed by atoms with E-state index in [1.807, 2.05) is 11.7 Å². The summed E-state index contributed by atoms with van der Waals surface area (Å²) < 4.78 is 9.20. The highest BCUT2D eigenvalue weighted by atomic mass is 32.1. The van der Waals surface area contributed by atoms with Gasteiger partial charge < -0.3 is 14.5 Å². The zero-order chi connectivity index (χ0) is 15.8. The van der Waals surface area contributed by atoms with Gasteiger partial charge in [0, 0.05) is 33.3 Å². The van der Waals surface area contributed by atoms with Crippen LogP contribution in [0, 0.1) is 6.92 Å². The number of aromatic nitrogens is 3. The second-order valence-corrected chi connectivity index (χ2v) is 7.64. The first-order valence-corrected chi connectivity index (χ1v) is 9.41. The van der Waals surface area contributed by atoms with Crippen molar-refractivity contribution >= 4 is 26.8 Å². The molecular formula is C16H25N5OS. The Kier molecular flexibility index (Phi) is 4.26. The lowest BCUT2D eigenvalue weighted by atomic mass is 10.3. The molecule has 2 fully saturated rings. The van der Waals surface area contributed by atoms with Gasteiger partial charge in [-0.3, -0.25) is 0 Å². The Morgan fingerprint density at radius 3 is 2.83 bits per heavy atom. The fourth-order valence-electron chi connectivity index (χ4n) is 3.64. The largest absolute Gasteiger partial charge is 0.375 e. The van der Waals surface area contributed by atoms with Crippen LogP contribution in [0.5, 0.6) is 0 Å². The summed E-state index contributed by atoms with van der Waals surface area (Å²) in [4.78, 5) is 9.80. The molecule has 126 valence electrons. The van der Waals surface area contributed by atoms with Crippen molar-refractivity contribution in [1.29, 1.82) is 0 Å². The molecule has 0 amide bonds. The summed E-state index contributed by atoms with van der Waals surface area (Å²) >= 11 is 1.77. The standard InChI is InChI=1S/C16H25N5OS/c1-12-14-15(19(2)18-12)17-16(23-14)21-8-5-9-22-13(11-21)10-20-6-3-4-7-20/h13H,3-11H2,1-2H3/t13-/m0/s1. The van der Waals surface area contributed by atoms with Gasteiger partial charge in [-0.1, -0.05) is 11.3 Å². The lowest BCUT2D eigenvalue weighted by Gasteiger charge is -2.26. The van der Waals surface area contributed by atoms with Crippen molar-refractivity contribution in [2.24, 2.45) is 7.05 Å². The van der Waals surface area contributed by atoms with E-state index in [0.717, 1.165) is 49.1 Å². The molecule has 4 heterocycles. The van der Waals surface area contributed by atoms with Crippen molar-refractivity contribution < 1.29 is 4.74 Å². The third-order valence-corrected chi connectivity index (χ3v) is 6.03. The highest BCUT2D eigenvalue weighted by molar-refractivity contribution is 7.22. The van der Waals surface area contributed by atoms with Gasteiger partial charge in [-0.25, -0.2) is 9.67 Å². The summed E-state index contributed by atoms with van der Waals surface area (Å²) in [6, 6.07) is 0. The van der Waals surface area contributed by atoms with E-state index in [1.165, 1.54) is 30.6 Å². The van der Waals surface area contributed by atoms with E-state index >= 15 is 0 Å². The van der Waals surface area contributed by atoms with Gasteiger partial charge >= 0.3 is 0 Å². The number of rotatable bonds is 3. The van der Waals surface area contributed by atoms with Crippen LogP contribution in [0.15, 0.2) is 0 Å². The zero-order valence-corrected chi connectivity index (χ0v) is 14.8. The Balaban J connectivity index is 1.52. The first kappa shape index (κ1) is 15.4. The number of aryl methyl sites for hydroxylation is 2. The number of ether oxygens (including phenoxy) is 1.